The Morgan fingerprint density at radius 2 is 1.84 bits per heavy atom. The first-order valence-corrected chi connectivity index (χ1v) is 8.82. The third-order valence-electron chi connectivity index (χ3n) is 4.42. The van der Waals surface area contributed by atoms with Crippen molar-refractivity contribution < 1.29 is 9.18 Å². The number of anilines is 1. The SMILES string of the molecule is O=C(c1cnc(NCCc2ccccc2F)cn1)N1CCCCCC1. The lowest BCUT2D eigenvalue weighted by atomic mass is 10.1. The molecule has 1 fully saturated rings. The molecule has 1 saturated heterocycles. The molecule has 1 amide bonds. The Balaban J connectivity index is 1.53. The lowest BCUT2D eigenvalue weighted by Crippen LogP contribution is -2.32. The van der Waals surface area contributed by atoms with E-state index in [2.05, 4.69) is 15.3 Å². The average Bonchev–Trinajstić information content (AvgIpc) is 2.93. The van der Waals surface area contributed by atoms with Crippen LogP contribution in [0.4, 0.5) is 10.2 Å². The molecule has 25 heavy (non-hydrogen) atoms. The molecule has 2 heterocycles. The first-order chi connectivity index (χ1) is 12.2. The number of hydrogen-bond donors (Lipinski definition) is 1. The maximum absolute atomic E-state index is 13.6. The van der Waals surface area contributed by atoms with E-state index < -0.39 is 0 Å². The normalized spacial score (nSPS) is 14.8. The van der Waals surface area contributed by atoms with E-state index in [1.807, 2.05) is 11.0 Å². The number of halogens is 1. The van der Waals surface area contributed by atoms with Crippen LogP contribution in [0.2, 0.25) is 0 Å². The van der Waals surface area contributed by atoms with Gasteiger partial charge in [-0.25, -0.2) is 14.4 Å². The molecule has 1 aromatic heterocycles. The van der Waals surface area contributed by atoms with Gasteiger partial charge in [-0.05, 0) is 30.9 Å². The molecule has 132 valence electrons. The second-order valence-electron chi connectivity index (χ2n) is 6.26. The van der Waals surface area contributed by atoms with Crippen molar-refractivity contribution in [2.24, 2.45) is 0 Å². The zero-order valence-electron chi connectivity index (χ0n) is 14.2. The summed E-state index contributed by atoms with van der Waals surface area (Å²) in [7, 11) is 0. The van der Waals surface area contributed by atoms with E-state index in [4.69, 9.17) is 0 Å². The van der Waals surface area contributed by atoms with Gasteiger partial charge < -0.3 is 10.2 Å². The van der Waals surface area contributed by atoms with Crippen molar-refractivity contribution in [2.45, 2.75) is 32.1 Å². The Labute approximate surface area is 147 Å². The quantitative estimate of drug-likeness (QED) is 0.906. The summed E-state index contributed by atoms with van der Waals surface area (Å²) in [6.45, 7) is 2.14. The van der Waals surface area contributed by atoms with Gasteiger partial charge in [-0.15, -0.1) is 0 Å². The molecule has 0 radical (unpaired) electrons. The molecule has 1 aromatic carbocycles. The maximum atomic E-state index is 13.6. The van der Waals surface area contributed by atoms with Gasteiger partial charge in [0.05, 0.1) is 12.4 Å². The highest BCUT2D eigenvalue weighted by Crippen LogP contribution is 2.13. The summed E-state index contributed by atoms with van der Waals surface area (Å²) in [5.74, 6) is 0.338. The van der Waals surface area contributed by atoms with Gasteiger partial charge in [-0.3, -0.25) is 4.79 Å². The number of amides is 1. The number of nitrogens with one attached hydrogen (secondary N) is 1. The van der Waals surface area contributed by atoms with Crippen molar-refractivity contribution in [1.82, 2.24) is 14.9 Å². The molecular weight excluding hydrogens is 319 g/mol. The zero-order valence-corrected chi connectivity index (χ0v) is 14.2. The van der Waals surface area contributed by atoms with Crippen LogP contribution < -0.4 is 5.32 Å². The van der Waals surface area contributed by atoms with Gasteiger partial charge in [0, 0.05) is 19.6 Å². The lowest BCUT2D eigenvalue weighted by molar-refractivity contribution is 0.0755. The van der Waals surface area contributed by atoms with E-state index in [1.165, 1.54) is 25.1 Å². The fourth-order valence-electron chi connectivity index (χ4n) is 2.99. The van der Waals surface area contributed by atoms with E-state index in [0.29, 0.717) is 30.0 Å². The molecule has 0 saturated carbocycles. The number of likely N-dealkylation sites (tertiary alicyclic amines) is 1. The lowest BCUT2D eigenvalue weighted by Gasteiger charge is -2.19. The summed E-state index contributed by atoms with van der Waals surface area (Å²) < 4.78 is 13.6. The smallest absolute Gasteiger partial charge is 0.274 e. The van der Waals surface area contributed by atoms with Gasteiger partial charge in [0.2, 0.25) is 0 Å². The van der Waals surface area contributed by atoms with Gasteiger partial charge in [0.1, 0.15) is 17.3 Å². The first kappa shape index (κ1) is 17.3. The van der Waals surface area contributed by atoms with Crippen molar-refractivity contribution in [2.75, 3.05) is 25.0 Å². The molecule has 0 atom stereocenters. The minimum Gasteiger partial charge on any atom is -0.368 e. The minimum atomic E-state index is -0.200. The topological polar surface area (TPSA) is 58.1 Å². The Morgan fingerprint density at radius 1 is 1.08 bits per heavy atom. The Morgan fingerprint density at radius 3 is 2.52 bits per heavy atom. The summed E-state index contributed by atoms with van der Waals surface area (Å²) in [4.78, 5) is 22.8. The summed E-state index contributed by atoms with van der Waals surface area (Å²) in [5.41, 5.74) is 1.04. The van der Waals surface area contributed by atoms with E-state index in [0.717, 1.165) is 25.9 Å². The van der Waals surface area contributed by atoms with Crippen LogP contribution in [-0.4, -0.2) is 40.4 Å². The predicted octanol–water partition coefficient (Wildman–Crippen LogP) is 3.29. The van der Waals surface area contributed by atoms with Gasteiger partial charge >= 0.3 is 0 Å². The number of carbonyl (C=O) groups excluding carboxylic acids is 1. The van der Waals surface area contributed by atoms with E-state index in [9.17, 15) is 9.18 Å². The molecule has 0 unspecified atom stereocenters. The summed E-state index contributed by atoms with van der Waals surface area (Å²) in [6.07, 6.45) is 8.10. The molecule has 0 aliphatic carbocycles. The van der Waals surface area contributed by atoms with Gasteiger partial charge in [-0.2, -0.15) is 0 Å². The number of rotatable bonds is 5. The van der Waals surface area contributed by atoms with Crippen molar-refractivity contribution in [3.63, 3.8) is 0 Å². The second-order valence-corrected chi connectivity index (χ2v) is 6.26. The molecule has 1 N–H and O–H groups in total. The second kappa shape index (κ2) is 8.55. The summed E-state index contributed by atoms with van der Waals surface area (Å²) in [5, 5.41) is 3.11. The van der Waals surface area contributed by atoms with Crippen molar-refractivity contribution in [3.8, 4) is 0 Å². The molecule has 6 heteroatoms. The van der Waals surface area contributed by atoms with Gasteiger partial charge in [0.15, 0.2) is 0 Å². The first-order valence-electron chi connectivity index (χ1n) is 8.82. The van der Waals surface area contributed by atoms with E-state index >= 15 is 0 Å². The Bertz CT molecular complexity index is 697. The van der Waals surface area contributed by atoms with Gasteiger partial charge in [0.25, 0.3) is 5.91 Å². The molecule has 2 aromatic rings. The standard InChI is InChI=1S/C19H23FN4O/c20-16-8-4-3-7-15(16)9-10-21-18-14-22-17(13-23-18)19(25)24-11-5-1-2-6-12-24/h3-4,7-8,13-14H,1-2,5-6,9-12H2,(H,21,23). The average molecular weight is 342 g/mol. The van der Waals surface area contributed by atoms with Crippen LogP contribution in [0.25, 0.3) is 0 Å². The Kier molecular flexibility index (Phi) is 5.93. The van der Waals surface area contributed by atoms with Crippen LogP contribution in [0.15, 0.2) is 36.7 Å². The molecule has 1 aliphatic rings. The molecule has 1 aliphatic heterocycles. The minimum absolute atomic E-state index is 0.0488. The molecule has 3 rings (SSSR count). The molecule has 0 bridgehead atoms. The largest absolute Gasteiger partial charge is 0.368 e. The third kappa shape index (κ3) is 4.75. The van der Waals surface area contributed by atoms with E-state index in [-0.39, 0.29) is 11.7 Å². The number of hydrogen-bond acceptors (Lipinski definition) is 4. The van der Waals surface area contributed by atoms with Crippen LogP contribution >= 0.6 is 0 Å². The summed E-state index contributed by atoms with van der Waals surface area (Å²) in [6, 6.07) is 6.73. The third-order valence-corrected chi connectivity index (χ3v) is 4.42. The van der Waals surface area contributed by atoms with Crippen LogP contribution in [0.5, 0.6) is 0 Å². The Hall–Kier alpha value is -2.50. The maximum Gasteiger partial charge on any atom is 0.274 e. The van der Waals surface area contributed by atoms with Crippen LogP contribution in [-0.2, 0) is 6.42 Å². The number of aromatic nitrogens is 2. The van der Waals surface area contributed by atoms with Crippen LogP contribution in [0.3, 0.4) is 0 Å². The van der Waals surface area contributed by atoms with Crippen molar-refractivity contribution in [3.05, 3.63) is 53.7 Å². The van der Waals surface area contributed by atoms with Crippen molar-refractivity contribution >= 4 is 11.7 Å². The highest BCUT2D eigenvalue weighted by atomic mass is 19.1. The highest BCUT2D eigenvalue weighted by Gasteiger charge is 2.18. The monoisotopic (exact) mass is 342 g/mol. The molecule has 5 nitrogen and oxygen atoms in total. The predicted molar refractivity (Wildman–Crippen MR) is 95.0 cm³/mol. The number of carbonyl (C=O) groups is 1. The molecule has 0 spiro atoms. The van der Waals surface area contributed by atoms with E-state index in [1.54, 1.807) is 18.3 Å². The van der Waals surface area contributed by atoms with Crippen LogP contribution in [0, 0.1) is 5.82 Å². The van der Waals surface area contributed by atoms with Crippen LogP contribution in [0.1, 0.15) is 41.7 Å². The van der Waals surface area contributed by atoms with Crippen molar-refractivity contribution in [1.29, 1.82) is 0 Å². The number of benzene rings is 1. The number of nitrogens with zero attached hydrogens (tertiary/aromatic N) is 3. The molecular formula is C19H23FN4O. The highest BCUT2D eigenvalue weighted by molar-refractivity contribution is 5.92. The van der Waals surface area contributed by atoms with Gasteiger partial charge in [-0.1, -0.05) is 31.0 Å². The zero-order chi connectivity index (χ0) is 17.5. The fraction of sp³-hybridized carbons (Fsp3) is 0.421. The summed E-state index contributed by atoms with van der Waals surface area (Å²) >= 11 is 0. The fourth-order valence-corrected chi connectivity index (χ4v) is 2.99.